The predicted octanol–water partition coefficient (Wildman–Crippen LogP) is 0.822. The summed E-state index contributed by atoms with van der Waals surface area (Å²) in [6.45, 7) is 0. The van der Waals surface area contributed by atoms with Crippen molar-refractivity contribution in [2.45, 2.75) is 5.16 Å². The quantitative estimate of drug-likeness (QED) is 0.304. The van der Waals surface area contributed by atoms with Crippen LogP contribution >= 0.6 is 0 Å². The van der Waals surface area contributed by atoms with Gasteiger partial charge >= 0.3 is 0 Å². The van der Waals surface area contributed by atoms with E-state index in [1.165, 1.54) is 12.3 Å². The number of azide groups is 1. The van der Waals surface area contributed by atoms with Gasteiger partial charge in [0, 0.05) is 17.4 Å². The van der Waals surface area contributed by atoms with E-state index in [2.05, 4.69) is 20.0 Å². The van der Waals surface area contributed by atoms with Crippen LogP contribution in [0.15, 0.2) is 22.5 Å². The molecule has 0 radical (unpaired) electrons. The summed E-state index contributed by atoms with van der Waals surface area (Å²) in [6.07, 6.45) is 2.19. The van der Waals surface area contributed by atoms with Gasteiger partial charge in [0.1, 0.15) is 5.82 Å². The van der Waals surface area contributed by atoms with Crippen molar-refractivity contribution in [1.82, 2.24) is 9.97 Å². The fourth-order valence-corrected chi connectivity index (χ4v) is 1.12. The van der Waals surface area contributed by atoms with Gasteiger partial charge in [0.15, 0.2) is 0 Å². The average molecular weight is 199 g/mol. The summed E-state index contributed by atoms with van der Waals surface area (Å²) in [6, 6.07) is 1.31. The zero-order valence-electron chi connectivity index (χ0n) is 6.62. The third kappa shape index (κ3) is 2.39. The SMILES string of the molecule is CS(=O)(=O)c1nccc(N=[N+]=[N-])n1. The van der Waals surface area contributed by atoms with Crippen LogP contribution in [0.2, 0.25) is 0 Å². The van der Waals surface area contributed by atoms with Crippen LogP contribution in [-0.2, 0) is 9.84 Å². The highest BCUT2D eigenvalue weighted by Crippen LogP contribution is 2.09. The first kappa shape index (κ1) is 9.43. The van der Waals surface area contributed by atoms with Crippen molar-refractivity contribution in [3.8, 4) is 0 Å². The molecule has 0 saturated heterocycles. The van der Waals surface area contributed by atoms with Gasteiger partial charge in [0.05, 0.1) is 0 Å². The van der Waals surface area contributed by atoms with Gasteiger partial charge < -0.3 is 0 Å². The van der Waals surface area contributed by atoms with E-state index in [0.29, 0.717) is 0 Å². The summed E-state index contributed by atoms with van der Waals surface area (Å²) in [4.78, 5) is 9.49. The zero-order chi connectivity index (χ0) is 9.90. The molecule has 7 nitrogen and oxygen atoms in total. The Morgan fingerprint density at radius 1 is 1.62 bits per heavy atom. The molecule has 0 aliphatic carbocycles. The molecule has 1 rings (SSSR count). The van der Waals surface area contributed by atoms with Crippen LogP contribution in [0.5, 0.6) is 0 Å². The molecule has 8 heteroatoms. The first-order valence-electron chi connectivity index (χ1n) is 3.12. The van der Waals surface area contributed by atoms with Gasteiger partial charge in [-0.3, -0.25) is 0 Å². The van der Waals surface area contributed by atoms with Crippen LogP contribution in [0.3, 0.4) is 0 Å². The third-order valence-corrected chi connectivity index (χ3v) is 1.96. The van der Waals surface area contributed by atoms with Gasteiger partial charge in [0.2, 0.25) is 15.0 Å². The summed E-state index contributed by atoms with van der Waals surface area (Å²) >= 11 is 0. The van der Waals surface area contributed by atoms with E-state index >= 15 is 0 Å². The Balaban J connectivity index is 3.28. The average Bonchev–Trinajstić information content (AvgIpc) is 2.04. The van der Waals surface area contributed by atoms with E-state index in [1.807, 2.05) is 0 Å². The van der Waals surface area contributed by atoms with Crippen molar-refractivity contribution in [1.29, 1.82) is 0 Å². The molecule has 0 aliphatic rings. The Bertz CT molecular complexity index is 462. The molecule has 1 aromatic rings. The van der Waals surface area contributed by atoms with E-state index < -0.39 is 9.84 Å². The second-order valence-corrected chi connectivity index (χ2v) is 4.07. The highest BCUT2D eigenvalue weighted by Gasteiger charge is 2.10. The maximum atomic E-state index is 10.9. The summed E-state index contributed by atoms with van der Waals surface area (Å²) in [7, 11) is -3.45. The third-order valence-electron chi connectivity index (χ3n) is 1.10. The van der Waals surface area contributed by atoms with Crippen LogP contribution in [0.1, 0.15) is 0 Å². The van der Waals surface area contributed by atoms with Gasteiger partial charge in [0.25, 0.3) is 0 Å². The highest BCUT2D eigenvalue weighted by molar-refractivity contribution is 7.90. The first-order valence-corrected chi connectivity index (χ1v) is 5.01. The summed E-state index contributed by atoms with van der Waals surface area (Å²) in [5.74, 6) is -0.0158. The molecule has 0 atom stereocenters. The highest BCUT2D eigenvalue weighted by atomic mass is 32.2. The van der Waals surface area contributed by atoms with E-state index in [1.54, 1.807) is 0 Å². The molecule has 1 aromatic heterocycles. The van der Waals surface area contributed by atoms with Gasteiger partial charge in [-0.15, -0.1) is 0 Å². The lowest BCUT2D eigenvalue weighted by Gasteiger charge is -1.95. The van der Waals surface area contributed by atoms with Crippen molar-refractivity contribution in [3.63, 3.8) is 0 Å². The minimum atomic E-state index is -3.45. The second-order valence-electron chi connectivity index (χ2n) is 2.16. The number of hydrogen-bond donors (Lipinski definition) is 0. The molecule has 68 valence electrons. The van der Waals surface area contributed by atoms with Crippen molar-refractivity contribution < 1.29 is 8.42 Å². The first-order chi connectivity index (χ1) is 6.04. The molecule has 0 aromatic carbocycles. The fourth-order valence-electron chi connectivity index (χ4n) is 0.612. The largest absolute Gasteiger partial charge is 0.247 e. The van der Waals surface area contributed by atoms with E-state index in [-0.39, 0.29) is 11.0 Å². The molecular formula is C5H5N5O2S. The van der Waals surface area contributed by atoms with Gasteiger partial charge in [-0.05, 0) is 16.7 Å². The molecule has 0 amide bonds. The number of rotatable bonds is 2. The normalized spacial score (nSPS) is 10.5. The minimum absolute atomic E-state index is 0.0158. The van der Waals surface area contributed by atoms with Crippen molar-refractivity contribution in [2.24, 2.45) is 5.11 Å². The van der Waals surface area contributed by atoms with Gasteiger partial charge in [-0.1, -0.05) is 0 Å². The molecule has 0 aliphatic heterocycles. The molecule has 0 fully saturated rings. The van der Waals surface area contributed by atoms with Crippen LogP contribution in [0.25, 0.3) is 10.4 Å². The summed E-state index contributed by atoms with van der Waals surface area (Å²) < 4.78 is 21.9. The summed E-state index contributed by atoms with van der Waals surface area (Å²) in [5, 5.41) is 2.80. The lowest BCUT2D eigenvalue weighted by Crippen LogP contribution is -2.02. The van der Waals surface area contributed by atoms with Crippen molar-refractivity contribution in [2.75, 3.05) is 6.26 Å². The van der Waals surface area contributed by atoms with Crippen LogP contribution in [0.4, 0.5) is 5.82 Å². The Morgan fingerprint density at radius 2 is 2.31 bits per heavy atom. The molecule has 0 unspecified atom stereocenters. The Hall–Kier alpha value is -1.66. The standard InChI is InChI=1S/C5H5N5O2S/c1-13(11,12)5-7-3-2-4(8-5)9-10-6/h2-3H,1H3. The molecule has 0 spiro atoms. The molecule has 1 heterocycles. The lowest BCUT2D eigenvalue weighted by atomic mass is 10.6. The lowest BCUT2D eigenvalue weighted by molar-refractivity contribution is 0.593. The van der Waals surface area contributed by atoms with Crippen LogP contribution in [0, 0.1) is 0 Å². The number of hydrogen-bond acceptors (Lipinski definition) is 5. The maximum absolute atomic E-state index is 10.9. The molecule has 13 heavy (non-hydrogen) atoms. The minimum Gasteiger partial charge on any atom is -0.227 e. The number of sulfone groups is 1. The maximum Gasteiger partial charge on any atom is 0.247 e. The van der Waals surface area contributed by atoms with Gasteiger partial charge in [-0.25, -0.2) is 18.4 Å². The topological polar surface area (TPSA) is 109 Å². The number of nitrogens with zero attached hydrogens (tertiary/aromatic N) is 5. The van der Waals surface area contributed by atoms with Crippen LogP contribution < -0.4 is 0 Å². The smallest absolute Gasteiger partial charge is 0.227 e. The molecule has 0 bridgehead atoms. The molecule has 0 N–H and O–H groups in total. The second kappa shape index (κ2) is 3.38. The predicted molar refractivity (Wildman–Crippen MR) is 43.9 cm³/mol. The number of aromatic nitrogens is 2. The fraction of sp³-hybridized carbons (Fsp3) is 0.200. The molecular weight excluding hydrogens is 194 g/mol. The van der Waals surface area contributed by atoms with E-state index in [0.717, 1.165) is 6.26 Å². The monoisotopic (exact) mass is 199 g/mol. The Labute approximate surface area is 74.0 Å². The van der Waals surface area contributed by atoms with Gasteiger partial charge in [-0.2, -0.15) is 0 Å². The van der Waals surface area contributed by atoms with Crippen molar-refractivity contribution >= 4 is 15.7 Å². The summed E-state index contributed by atoms with van der Waals surface area (Å²) in [5.41, 5.74) is 8.06. The van der Waals surface area contributed by atoms with Crippen LogP contribution in [-0.4, -0.2) is 24.6 Å². The Kier molecular flexibility index (Phi) is 2.45. The van der Waals surface area contributed by atoms with E-state index in [4.69, 9.17) is 5.53 Å². The zero-order valence-corrected chi connectivity index (χ0v) is 7.43. The Morgan fingerprint density at radius 3 is 2.85 bits per heavy atom. The van der Waals surface area contributed by atoms with E-state index in [9.17, 15) is 8.42 Å². The van der Waals surface area contributed by atoms with Crippen molar-refractivity contribution in [3.05, 3.63) is 22.7 Å². The molecule has 0 saturated carbocycles.